The minimum atomic E-state index is -1.03. The Bertz CT molecular complexity index is 666. The van der Waals surface area contributed by atoms with E-state index in [2.05, 4.69) is 10.4 Å². The number of nitrogens with one attached hydrogen (secondary N) is 1. The average Bonchev–Trinajstić information content (AvgIpc) is 2.35. The molecular formula is C12H13F2N3O. The van der Waals surface area contributed by atoms with E-state index >= 15 is 0 Å². The van der Waals surface area contributed by atoms with Gasteiger partial charge in [0.2, 0.25) is 0 Å². The maximum absolute atomic E-state index is 13.3. The number of aromatic nitrogens is 2. The summed E-state index contributed by atoms with van der Waals surface area (Å²) < 4.78 is 27.6. The quantitative estimate of drug-likeness (QED) is 0.882. The molecule has 96 valence electrons. The molecule has 1 atom stereocenters. The molecule has 6 heteroatoms. The molecule has 0 saturated carbocycles. The minimum Gasteiger partial charge on any atom is -0.312 e. The number of hydrogen-bond donors (Lipinski definition) is 1. The summed E-state index contributed by atoms with van der Waals surface area (Å²) in [4.78, 5) is 11.8. The number of hydrogen-bond acceptors (Lipinski definition) is 3. The lowest BCUT2D eigenvalue weighted by molar-refractivity contribution is 0.509. The first-order chi connectivity index (χ1) is 8.45. The molecule has 0 spiro atoms. The summed E-state index contributed by atoms with van der Waals surface area (Å²) >= 11 is 0. The maximum atomic E-state index is 13.3. The number of halogens is 2. The van der Waals surface area contributed by atoms with Crippen molar-refractivity contribution in [2.45, 2.75) is 13.0 Å². The van der Waals surface area contributed by atoms with Gasteiger partial charge < -0.3 is 5.32 Å². The Morgan fingerprint density at radius 3 is 2.39 bits per heavy atom. The first-order valence-corrected chi connectivity index (χ1v) is 5.49. The van der Waals surface area contributed by atoms with Crippen LogP contribution < -0.4 is 10.9 Å². The highest BCUT2D eigenvalue weighted by atomic mass is 19.2. The monoisotopic (exact) mass is 253 g/mol. The van der Waals surface area contributed by atoms with Crippen molar-refractivity contribution in [3.63, 3.8) is 0 Å². The van der Waals surface area contributed by atoms with E-state index in [0.29, 0.717) is 11.1 Å². The molecule has 2 rings (SSSR count). The Kier molecular flexibility index (Phi) is 3.13. The fourth-order valence-electron chi connectivity index (χ4n) is 1.83. The molecule has 1 heterocycles. The lowest BCUT2D eigenvalue weighted by atomic mass is 10.1. The lowest BCUT2D eigenvalue weighted by Crippen LogP contribution is -2.25. The van der Waals surface area contributed by atoms with E-state index in [1.807, 2.05) is 6.92 Å². The van der Waals surface area contributed by atoms with Gasteiger partial charge in [0.05, 0.1) is 11.1 Å². The summed E-state index contributed by atoms with van der Waals surface area (Å²) in [6, 6.07) is 1.76. The van der Waals surface area contributed by atoms with E-state index in [1.54, 1.807) is 7.05 Å². The first-order valence-electron chi connectivity index (χ1n) is 5.49. The molecule has 0 bridgehead atoms. The molecule has 0 radical (unpaired) electrons. The molecule has 2 aromatic rings. The van der Waals surface area contributed by atoms with Gasteiger partial charge in [0.1, 0.15) is 0 Å². The van der Waals surface area contributed by atoms with E-state index in [9.17, 15) is 13.6 Å². The predicted octanol–water partition coefficient (Wildman–Crippen LogP) is 1.49. The molecule has 4 nitrogen and oxygen atoms in total. The summed E-state index contributed by atoms with van der Waals surface area (Å²) in [5, 5.41) is 7.52. The van der Waals surface area contributed by atoms with E-state index in [-0.39, 0.29) is 11.4 Å². The van der Waals surface area contributed by atoms with Crippen LogP contribution in [0.2, 0.25) is 0 Å². The fourth-order valence-corrected chi connectivity index (χ4v) is 1.83. The highest BCUT2D eigenvalue weighted by Gasteiger charge is 2.16. The molecular weight excluding hydrogens is 240 g/mol. The Balaban J connectivity index is 2.92. The van der Waals surface area contributed by atoms with Crippen molar-refractivity contribution in [1.29, 1.82) is 0 Å². The molecule has 0 amide bonds. The second-order valence-electron chi connectivity index (χ2n) is 4.14. The molecule has 0 fully saturated rings. The van der Waals surface area contributed by atoms with Gasteiger partial charge in [0.25, 0.3) is 5.56 Å². The van der Waals surface area contributed by atoms with Gasteiger partial charge in [0.15, 0.2) is 11.6 Å². The third-order valence-electron chi connectivity index (χ3n) is 2.96. The van der Waals surface area contributed by atoms with Gasteiger partial charge in [0, 0.05) is 18.5 Å². The average molecular weight is 253 g/mol. The summed E-state index contributed by atoms with van der Waals surface area (Å²) in [5.41, 5.74) is 0.0597. The van der Waals surface area contributed by atoms with Crippen LogP contribution in [0.15, 0.2) is 16.9 Å². The van der Waals surface area contributed by atoms with Crippen molar-refractivity contribution in [3.8, 4) is 0 Å². The molecule has 1 aromatic carbocycles. The lowest BCUT2D eigenvalue weighted by Gasteiger charge is -2.14. The van der Waals surface area contributed by atoms with E-state index in [1.165, 1.54) is 7.05 Å². The van der Waals surface area contributed by atoms with Crippen LogP contribution in [-0.2, 0) is 7.05 Å². The smallest absolute Gasteiger partial charge is 0.274 e. The van der Waals surface area contributed by atoms with E-state index < -0.39 is 17.2 Å². The Morgan fingerprint density at radius 1 is 1.28 bits per heavy atom. The van der Waals surface area contributed by atoms with Crippen molar-refractivity contribution in [3.05, 3.63) is 39.8 Å². The molecule has 0 saturated heterocycles. The van der Waals surface area contributed by atoms with Crippen LogP contribution >= 0.6 is 0 Å². The van der Waals surface area contributed by atoms with Crippen LogP contribution in [0.3, 0.4) is 0 Å². The third kappa shape index (κ3) is 1.88. The maximum Gasteiger partial charge on any atom is 0.274 e. The van der Waals surface area contributed by atoms with Gasteiger partial charge in [-0.3, -0.25) is 4.79 Å². The van der Waals surface area contributed by atoms with Crippen molar-refractivity contribution in [2.24, 2.45) is 7.05 Å². The summed E-state index contributed by atoms with van der Waals surface area (Å²) in [5.74, 6) is -2.02. The molecule has 1 N–H and O–H groups in total. The molecule has 0 aliphatic carbocycles. The van der Waals surface area contributed by atoms with Gasteiger partial charge in [-0.1, -0.05) is 0 Å². The first kappa shape index (κ1) is 12.6. The van der Waals surface area contributed by atoms with Crippen LogP contribution in [0.25, 0.3) is 10.8 Å². The van der Waals surface area contributed by atoms with Crippen LogP contribution in [-0.4, -0.2) is 16.8 Å². The number of nitrogens with zero attached hydrogens (tertiary/aromatic N) is 2. The van der Waals surface area contributed by atoms with E-state index in [0.717, 1.165) is 16.8 Å². The number of benzene rings is 1. The highest BCUT2D eigenvalue weighted by Crippen LogP contribution is 2.22. The molecule has 18 heavy (non-hydrogen) atoms. The fraction of sp³-hybridized carbons (Fsp3) is 0.333. The van der Waals surface area contributed by atoms with Crippen LogP contribution in [0, 0.1) is 11.6 Å². The zero-order valence-corrected chi connectivity index (χ0v) is 10.3. The van der Waals surface area contributed by atoms with Gasteiger partial charge in [-0.05, 0) is 26.1 Å². The third-order valence-corrected chi connectivity index (χ3v) is 2.96. The van der Waals surface area contributed by atoms with Gasteiger partial charge in [-0.15, -0.1) is 0 Å². The zero-order chi connectivity index (χ0) is 13.4. The molecule has 0 unspecified atom stereocenters. The molecule has 0 aliphatic rings. The highest BCUT2D eigenvalue weighted by molar-refractivity contribution is 5.84. The SMILES string of the molecule is CN[C@H](C)c1nn(C)c(=O)c2cc(F)c(F)cc12. The van der Waals surface area contributed by atoms with Crippen LogP contribution in [0.1, 0.15) is 18.7 Å². The van der Waals surface area contributed by atoms with E-state index in [4.69, 9.17) is 0 Å². The molecule has 0 aliphatic heterocycles. The Morgan fingerprint density at radius 2 is 1.83 bits per heavy atom. The predicted molar refractivity (Wildman–Crippen MR) is 64.4 cm³/mol. The Labute approximate surface area is 102 Å². The van der Waals surface area contributed by atoms with Crippen molar-refractivity contribution in [1.82, 2.24) is 15.1 Å². The molecule has 1 aromatic heterocycles. The zero-order valence-electron chi connectivity index (χ0n) is 10.3. The van der Waals surface area contributed by atoms with Gasteiger partial charge in [-0.25, -0.2) is 13.5 Å². The summed E-state index contributed by atoms with van der Waals surface area (Å²) in [7, 11) is 3.21. The van der Waals surface area contributed by atoms with Crippen LogP contribution in [0.5, 0.6) is 0 Å². The summed E-state index contributed by atoms with van der Waals surface area (Å²) in [6.45, 7) is 1.83. The minimum absolute atomic E-state index is 0.128. The van der Waals surface area contributed by atoms with Crippen molar-refractivity contribution >= 4 is 10.8 Å². The number of rotatable bonds is 2. The number of aryl methyl sites for hydroxylation is 1. The van der Waals surface area contributed by atoms with Crippen molar-refractivity contribution in [2.75, 3.05) is 7.05 Å². The van der Waals surface area contributed by atoms with Crippen LogP contribution in [0.4, 0.5) is 8.78 Å². The van der Waals surface area contributed by atoms with Gasteiger partial charge in [-0.2, -0.15) is 5.10 Å². The topological polar surface area (TPSA) is 46.9 Å². The number of fused-ring (bicyclic) bond motifs is 1. The standard InChI is InChI=1S/C12H13F2N3O/c1-6(15-2)11-7-4-9(13)10(14)5-8(7)12(18)17(3)16-11/h4-6,15H,1-3H3/t6-/m1/s1. The summed E-state index contributed by atoms with van der Waals surface area (Å²) in [6.07, 6.45) is 0. The Hall–Kier alpha value is -1.82. The van der Waals surface area contributed by atoms with Gasteiger partial charge >= 0.3 is 0 Å². The van der Waals surface area contributed by atoms with Crippen molar-refractivity contribution < 1.29 is 8.78 Å². The normalized spacial score (nSPS) is 12.9. The largest absolute Gasteiger partial charge is 0.312 e. The second kappa shape index (κ2) is 4.45. The second-order valence-corrected chi connectivity index (χ2v) is 4.14.